The Hall–Kier alpha value is -3.06. The monoisotopic (exact) mass is 404 g/mol. The zero-order valence-corrected chi connectivity index (χ0v) is 17.0. The van der Waals surface area contributed by atoms with E-state index in [1.807, 2.05) is 36.4 Å². The summed E-state index contributed by atoms with van der Waals surface area (Å²) in [5.41, 5.74) is 8.88. The van der Waals surface area contributed by atoms with Gasteiger partial charge in [0.25, 0.3) is 0 Å². The summed E-state index contributed by atoms with van der Waals surface area (Å²) in [5, 5.41) is 7.44. The highest BCUT2D eigenvalue weighted by molar-refractivity contribution is 5.95. The molecule has 0 unspecified atom stereocenters. The van der Waals surface area contributed by atoms with Crippen LogP contribution in [0.1, 0.15) is 12.0 Å². The molecule has 3 N–H and O–H groups in total. The standard InChI is InChI=1S/C20H24N4O3.ClH/c1-23(13-12-18(25)27-3)20(26)24(2)17-10-8-15(9-11-17)14-4-6-16(7-5-14)19(21)22;/h4-11H,12-13H2,1-3H3,(H3,21,22);1H. The van der Waals surface area contributed by atoms with Crippen molar-refractivity contribution >= 4 is 35.9 Å². The third-order valence-corrected chi connectivity index (χ3v) is 4.28. The first-order valence-electron chi connectivity index (χ1n) is 8.44. The van der Waals surface area contributed by atoms with Gasteiger partial charge in [0, 0.05) is 31.9 Å². The van der Waals surface area contributed by atoms with Gasteiger partial charge in [-0.1, -0.05) is 36.4 Å². The second-order valence-electron chi connectivity index (χ2n) is 6.13. The van der Waals surface area contributed by atoms with Crippen LogP contribution in [0, 0.1) is 5.41 Å². The van der Waals surface area contributed by atoms with E-state index in [1.54, 1.807) is 26.2 Å². The predicted octanol–water partition coefficient (Wildman–Crippen LogP) is 3.11. The van der Waals surface area contributed by atoms with Gasteiger partial charge in [0.15, 0.2) is 0 Å². The predicted molar refractivity (Wildman–Crippen MR) is 113 cm³/mol. The average Bonchev–Trinajstić information content (AvgIpc) is 2.70. The first-order valence-corrected chi connectivity index (χ1v) is 8.44. The molecule has 0 atom stereocenters. The number of carbonyl (C=O) groups excluding carboxylic acids is 2. The second-order valence-corrected chi connectivity index (χ2v) is 6.13. The molecule has 8 heteroatoms. The number of amidine groups is 1. The van der Waals surface area contributed by atoms with Crippen LogP contribution < -0.4 is 10.6 Å². The van der Waals surface area contributed by atoms with E-state index >= 15 is 0 Å². The molecule has 0 fully saturated rings. The van der Waals surface area contributed by atoms with Gasteiger partial charge in [0.2, 0.25) is 0 Å². The molecule has 0 spiro atoms. The molecule has 0 saturated heterocycles. The molecule has 150 valence electrons. The molecule has 0 bridgehead atoms. The van der Waals surface area contributed by atoms with Crippen molar-refractivity contribution in [3.05, 3.63) is 54.1 Å². The molecule has 0 aromatic heterocycles. The SMILES string of the molecule is COC(=O)CCN(C)C(=O)N(C)c1ccc(-c2ccc(C(=N)N)cc2)cc1.Cl. The Morgan fingerprint density at radius 3 is 1.96 bits per heavy atom. The summed E-state index contributed by atoms with van der Waals surface area (Å²) in [4.78, 5) is 26.7. The number of hydrogen-bond acceptors (Lipinski definition) is 4. The minimum Gasteiger partial charge on any atom is -0.469 e. The maximum atomic E-state index is 12.5. The van der Waals surface area contributed by atoms with Gasteiger partial charge in [-0.15, -0.1) is 12.4 Å². The topological polar surface area (TPSA) is 99.7 Å². The fraction of sp³-hybridized carbons (Fsp3) is 0.250. The summed E-state index contributed by atoms with van der Waals surface area (Å²) in [7, 11) is 4.66. The van der Waals surface area contributed by atoms with Crippen molar-refractivity contribution < 1.29 is 14.3 Å². The Balaban J connectivity index is 0.00000392. The van der Waals surface area contributed by atoms with Crippen molar-refractivity contribution in [1.29, 1.82) is 5.41 Å². The van der Waals surface area contributed by atoms with Crippen LogP contribution in [0.4, 0.5) is 10.5 Å². The van der Waals surface area contributed by atoms with Crippen LogP contribution in [0.25, 0.3) is 11.1 Å². The number of esters is 1. The molecule has 0 aliphatic carbocycles. The van der Waals surface area contributed by atoms with Crippen molar-refractivity contribution in [2.24, 2.45) is 5.73 Å². The van der Waals surface area contributed by atoms with Gasteiger partial charge < -0.3 is 15.4 Å². The van der Waals surface area contributed by atoms with E-state index < -0.39 is 0 Å². The summed E-state index contributed by atoms with van der Waals surface area (Å²) in [5.74, 6) is -0.314. The summed E-state index contributed by atoms with van der Waals surface area (Å²) >= 11 is 0. The summed E-state index contributed by atoms with van der Waals surface area (Å²) in [6.07, 6.45) is 0.155. The number of anilines is 1. The van der Waals surface area contributed by atoms with E-state index in [4.69, 9.17) is 11.1 Å². The number of nitrogen functional groups attached to an aromatic ring is 1. The van der Waals surface area contributed by atoms with Gasteiger partial charge in [-0.3, -0.25) is 15.1 Å². The van der Waals surface area contributed by atoms with E-state index in [2.05, 4.69) is 4.74 Å². The largest absolute Gasteiger partial charge is 0.469 e. The van der Waals surface area contributed by atoms with Crippen LogP contribution in [0.2, 0.25) is 0 Å². The number of nitrogens with zero attached hydrogens (tertiary/aromatic N) is 2. The molecule has 0 saturated carbocycles. The number of nitrogens with one attached hydrogen (secondary N) is 1. The number of methoxy groups -OCH3 is 1. The van der Waals surface area contributed by atoms with Crippen molar-refractivity contribution in [3.8, 4) is 11.1 Å². The molecule has 2 amide bonds. The lowest BCUT2D eigenvalue weighted by molar-refractivity contribution is -0.140. The number of amides is 2. The lowest BCUT2D eigenvalue weighted by Crippen LogP contribution is -2.39. The quantitative estimate of drug-likeness (QED) is 0.439. The minimum atomic E-state index is -0.350. The maximum absolute atomic E-state index is 12.5. The Labute approximate surface area is 171 Å². The number of carbonyl (C=O) groups is 2. The van der Waals surface area contributed by atoms with E-state index in [0.29, 0.717) is 5.56 Å². The number of hydrogen-bond donors (Lipinski definition) is 2. The van der Waals surface area contributed by atoms with Crippen molar-refractivity contribution in [2.75, 3.05) is 32.6 Å². The summed E-state index contributed by atoms with van der Waals surface area (Å²) in [6, 6.07) is 14.8. The summed E-state index contributed by atoms with van der Waals surface area (Å²) in [6.45, 7) is 0.288. The lowest BCUT2D eigenvalue weighted by atomic mass is 10.0. The Morgan fingerprint density at radius 1 is 1.00 bits per heavy atom. The first kappa shape index (κ1) is 23.0. The van der Waals surface area contributed by atoms with E-state index in [0.717, 1.165) is 16.8 Å². The zero-order valence-electron chi connectivity index (χ0n) is 16.1. The highest BCUT2D eigenvalue weighted by Crippen LogP contribution is 2.23. The zero-order chi connectivity index (χ0) is 20.0. The van der Waals surface area contributed by atoms with Crippen LogP contribution in [-0.4, -0.2) is 50.5 Å². The highest BCUT2D eigenvalue weighted by Gasteiger charge is 2.16. The molecular formula is C20H25ClN4O3. The van der Waals surface area contributed by atoms with Crippen LogP contribution in [0.15, 0.2) is 48.5 Å². The van der Waals surface area contributed by atoms with Crippen LogP contribution in [0.3, 0.4) is 0 Å². The Morgan fingerprint density at radius 2 is 1.50 bits per heavy atom. The number of halogens is 1. The van der Waals surface area contributed by atoms with Gasteiger partial charge in [0.1, 0.15) is 5.84 Å². The van der Waals surface area contributed by atoms with Crippen molar-refractivity contribution in [1.82, 2.24) is 4.90 Å². The van der Waals surface area contributed by atoms with Gasteiger partial charge in [-0.2, -0.15) is 0 Å². The number of rotatable bonds is 6. The van der Waals surface area contributed by atoms with E-state index in [1.165, 1.54) is 16.9 Å². The van der Waals surface area contributed by atoms with Crippen molar-refractivity contribution in [2.45, 2.75) is 6.42 Å². The number of nitrogens with two attached hydrogens (primary N) is 1. The molecule has 0 aliphatic rings. The van der Waals surface area contributed by atoms with E-state index in [9.17, 15) is 9.59 Å². The highest BCUT2D eigenvalue weighted by atomic mass is 35.5. The fourth-order valence-electron chi connectivity index (χ4n) is 2.54. The third kappa shape index (κ3) is 5.72. The number of urea groups is 1. The van der Waals surface area contributed by atoms with Gasteiger partial charge in [0.05, 0.1) is 13.5 Å². The maximum Gasteiger partial charge on any atom is 0.323 e. The van der Waals surface area contributed by atoms with Crippen LogP contribution in [-0.2, 0) is 9.53 Å². The van der Waals surface area contributed by atoms with Crippen LogP contribution >= 0.6 is 12.4 Å². The number of benzene rings is 2. The molecule has 2 aromatic carbocycles. The lowest BCUT2D eigenvalue weighted by Gasteiger charge is -2.24. The third-order valence-electron chi connectivity index (χ3n) is 4.28. The van der Waals surface area contributed by atoms with Crippen molar-refractivity contribution in [3.63, 3.8) is 0 Å². The molecule has 2 aromatic rings. The normalized spacial score (nSPS) is 9.82. The number of ether oxygens (including phenoxy) is 1. The Bertz CT molecular complexity index is 822. The Kier molecular flexibility index (Phi) is 8.47. The second kappa shape index (κ2) is 10.3. The van der Waals surface area contributed by atoms with Gasteiger partial charge in [-0.05, 0) is 23.3 Å². The van der Waals surface area contributed by atoms with Gasteiger partial charge >= 0.3 is 12.0 Å². The van der Waals surface area contributed by atoms with E-state index in [-0.39, 0.29) is 43.2 Å². The summed E-state index contributed by atoms with van der Waals surface area (Å²) < 4.78 is 4.59. The van der Waals surface area contributed by atoms with Gasteiger partial charge in [-0.25, -0.2) is 4.79 Å². The molecule has 0 radical (unpaired) electrons. The molecule has 0 heterocycles. The smallest absolute Gasteiger partial charge is 0.323 e. The molecule has 2 rings (SSSR count). The minimum absolute atomic E-state index is 0. The molecule has 7 nitrogen and oxygen atoms in total. The molecule has 0 aliphatic heterocycles. The van der Waals surface area contributed by atoms with Crippen LogP contribution in [0.5, 0.6) is 0 Å². The first-order chi connectivity index (χ1) is 12.8. The molecular weight excluding hydrogens is 380 g/mol. The average molecular weight is 405 g/mol. The fourth-order valence-corrected chi connectivity index (χ4v) is 2.54. The molecule has 28 heavy (non-hydrogen) atoms.